The van der Waals surface area contributed by atoms with Crippen LogP contribution in [0.3, 0.4) is 0 Å². The maximum atomic E-state index is 10.6. The molecular formula is C8H15N5O2. The second-order valence-electron chi connectivity index (χ2n) is 3.04. The van der Waals surface area contributed by atoms with Gasteiger partial charge < -0.3 is 21.9 Å². The van der Waals surface area contributed by atoms with Crippen molar-refractivity contribution in [3.05, 3.63) is 6.20 Å². The van der Waals surface area contributed by atoms with Crippen LogP contribution >= 0.6 is 0 Å². The zero-order valence-electron chi connectivity index (χ0n) is 8.31. The highest BCUT2D eigenvalue weighted by Crippen LogP contribution is 2.17. The summed E-state index contributed by atoms with van der Waals surface area (Å²) in [6.45, 7) is 0.757. The van der Waals surface area contributed by atoms with Crippen molar-refractivity contribution < 1.29 is 9.90 Å². The lowest BCUT2D eigenvalue weighted by Gasteiger charge is -2.08. The van der Waals surface area contributed by atoms with Crippen molar-refractivity contribution >= 4 is 17.4 Å². The quantitative estimate of drug-likeness (QED) is 0.470. The number of nitrogens with zero attached hydrogens (tertiary/aromatic N) is 2. The first-order chi connectivity index (χ1) is 7.15. The van der Waals surface area contributed by atoms with Gasteiger partial charge in [0.1, 0.15) is 5.82 Å². The number of rotatable bonds is 6. The predicted molar refractivity (Wildman–Crippen MR) is 56.0 cm³/mol. The molecule has 1 aromatic heterocycles. The van der Waals surface area contributed by atoms with E-state index in [0.717, 1.165) is 0 Å². The van der Waals surface area contributed by atoms with E-state index in [4.69, 9.17) is 16.6 Å². The minimum absolute atomic E-state index is 0.000436. The lowest BCUT2D eigenvalue weighted by Crippen LogP contribution is -2.17. The van der Waals surface area contributed by atoms with E-state index in [-0.39, 0.29) is 13.0 Å². The summed E-state index contributed by atoms with van der Waals surface area (Å²) in [5, 5.41) is 15.5. The number of anilines is 2. The van der Waals surface area contributed by atoms with Gasteiger partial charge in [-0.15, -0.1) is 0 Å². The maximum Gasteiger partial charge on any atom is 0.219 e. The fraction of sp³-hybridized carbons (Fsp3) is 0.500. The molecule has 0 aliphatic rings. The SMILES string of the molecule is NC(=O)CCn1ncc(N)c1NCCO. The Morgan fingerprint density at radius 3 is 3.00 bits per heavy atom. The van der Waals surface area contributed by atoms with E-state index in [9.17, 15) is 4.79 Å². The van der Waals surface area contributed by atoms with Crippen molar-refractivity contribution in [3.8, 4) is 0 Å². The molecule has 7 nitrogen and oxygen atoms in total. The van der Waals surface area contributed by atoms with Gasteiger partial charge in [0.25, 0.3) is 0 Å². The molecule has 1 heterocycles. The Labute approximate surface area is 87.0 Å². The van der Waals surface area contributed by atoms with Crippen LogP contribution < -0.4 is 16.8 Å². The van der Waals surface area contributed by atoms with E-state index in [0.29, 0.717) is 24.6 Å². The van der Waals surface area contributed by atoms with Crippen LogP contribution in [-0.2, 0) is 11.3 Å². The topological polar surface area (TPSA) is 119 Å². The normalized spacial score (nSPS) is 10.2. The second-order valence-corrected chi connectivity index (χ2v) is 3.04. The molecule has 0 saturated heterocycles. The third kappa shape index (κ3) is 3.13. The number of aryl methyl sites for hydroxylation is 1. The number of aromatic nitrogens is 2. The van der Waals surface area contributed by atoms with Gasteiger partial charge in [-0.1, -0.05) is 0 Å². The molecule has 0 saturated carbocycles. The smallest absolute Gasteiger partial charge is 0.219 e. The fourth-order valence-corrected chi connectivity index (χ4v) is 1.15. The van der Waals surface area contributed by atoms with E-state index >= 15 is 0 Å². The van der Waals surface area contributed by atoms with E-state index in [1.54, 1.807) is 4.68 Å². The molecule has 0 radical (unpaired) electrons. The van der Waals surface area contributed by atoms with Crippen LogP contribution in [0, 0.1) is 0 Å². The molecule has 15 heavy (non-hydrogen) atoms. The van der Waals surface area contributed by atoms with Gasteiger partial charge in [0.15, 0.2) is 0 Å². The highest BCUT2D eigenvalue weighted by atomic mass is 16.3. The molecule has 6 N–H and O–H groups in total. The Balaban J connectivity index is 2.65. The summed E-state index contributed by atoms with van der Waals surface area (Å²) in [5.74, 6) is 0.211. The summed E-state index contributed by atoms with van der Waals surface area (Å²) >= 11 is 0. The van der Waals surface area contributed by atoms with Gasteiger partial charge in [0.05, 0.1) is 25.0 Å². The van der Waals surface area contributed by atoms with Gasteiger partial charge >= 0.3 is 0 Å². The summed E-state index contributed by atoms with van der Waals surface area (Å²) in [6.07, 6.45) is 1.69. The molecule has 1 amide bonds. The minimum Gasteiger partial charge on any atom is -0.395 e. The Morgan fingerprint density at radius 1 is 1.67 bits per heavy atom. The Morgan fingerprint density at radius 2 is 2.40 bits per heavy atom. The summed E-state index contributed by atoms with van der Waals surface area (Å²) in [7, 11) is 0. The van der Waals surface area contributed by atoms with E-state index in [2.05, 4.69) is 10.4 Å². The number of aliphatic hydroxyl groups excluding tert-OH is 1. The molecule has 0 unspecified atom stereocenters. The average Bonchev–Trinajstić information content (AvgIpc) is 2.53. The number of carbonyl (C=O) groups is 1. The summed E-state index contributed by atoms with van der Waals surface area (Å²) in [5.41, 5.74) is 11.2. The zero-order valence-corrected chi connectivity index (χ0v) is 8.31. The number of aliphatic hydroxyl groups is 1. The van der Waals surface area contributed by atoms with Crippen molar-refractivity contribution in [1.82, 2.24) is 9.78 Å². The standard InChI is InChI=1S/C8H15N5O2/c9-6-5-12-13(3-1-7(10)15)8(6)11-2-4-14/h5,11,14H,1-4,9H2,(H2,10,15). The lowest BCUT2D eigenvalue weighted by atomic mass is 10.4. The van der Waals surface area contributed by atoms with Gasteiger partial charge in [-0.3, -0.25) is 4.79 Å². The van der Waals surface area contributed by atoms with E-state index < -0.39 is 5.91 Å². The van der Waals surface area contributed by atoms with Gasteiger partial charge in [0.2, 0.25) is 5.91 Å². The van der Waals surface area contributed by atoms with Crippen molar-refractivity contribution in [2.45, 2.75) is 13.0 Å². The summed E-state index contributed by atoms with van der Waals surface area (Å²) < 4.78 is 1.55. The number of carbonyl (C=O) groups excluding carboxylic acids is 1. The number of hydrogen-bond acceptors (Lipinski definition) is 5. The predicted octanol–water partition coefficient (Wildman–Crippen LogP) is -1.26. The number of nitrogens with one attached hydrogen (secondary N) is 1. The number of hydrogen-bond donors (Lipinski definition) is 4. The first-order valence-corrected chi connectivity index (χ1v) is 4.59. The van der Waals surface area contributed by atoms with Crippen LogP contribution in [0.4, 0.5) is 11.5 Å². The van der Waals surface area contributed by atoms with Crippen molar-refractivity contribution in [2.24, 2.45) is 5.73 Å². The van der Waals surface area contributed by atoms with Crippen LogP contribution in [0.15, 0.2) is 6.20 Å². The first-order valence-electron chi connectivity index (χ1n) is 4.59. The molecule has 0 aliphatic carbocycles. The first kappa shape index (κ1) is 11.3. The molecule has 1 aromatic rings. The molecule has 0 aromatic carbocycles. The third-order valence-electron chi connectivity index (χ3n) is 1.84. The molecule has 1 rings (SSSR count). The van der Waals surface area contributed by atoms with E-state index in [1.165, 1.54) is 6.20 Å². The van der Waals surface area contributed by atoms with Crippen molar-refractivity contribution in [1.29, 1.82) is 0 Å². The Bertz CT molecular complexity index is 336. The van der Waals surface area contributed by atoms with Crippen molar-refractivity contribution in [3.63, 3.8) is 0 Å². The van der Waals surface area contributed by atoms with Gasteiger partial charge in [0, 0.05) is 13.0 Å². The number of primary amides is 1. The highest BCUT2D eigenvalue weighted by molar-refractivity contribution is 5.73. The molecule has 0 bridgehead atoms. The monoisotopic (exact) mass is 213 g/mol. The number of amides is 1. The lowest BCUT2D eigenvalue weighted by molar-refractivity contribution is -0.118. The van der Waals surface area contributed by atoms with Gasteiger partial charge in [-0.05, 0) is 0 Å². The molecule has 0 atom stereocenters. The summed E-state index contributed by atoms with van der Waals surface area (Å²) in [4.78, 5) is 10.6. The van der Waals surface area contributed by atoms with Crippen LogP contribution in [0.25, 0.3) is 0 Å². The fourth-order valence-electron chi connectivity index (χ4n) is 1.15. The van der Waals surface area contributed by atoms with Crippen molar-refractivity contribution in [2.75, 3.05) is 24.2 Å². The Kier molecular flexibility index (Phi) is 3.92. The molecule has 0 fully saturated rings. The largest absolute Gasteiger partial charge is 0.395 e. The van der Waals surface area contributed by atoms with Gasteiger partial charge in [-0.25, -0.2) is 4.68 Å². The number of nitrogens with two attached hydrogens (primary N) is 2. The minimum atomic E-state index is -0.392. The number of nitrogen functional groups attached to an aromatic ring is 1. The van der Waals surface area contributed by atoms with Crippen LogP contribution in [0.5, 0.6) is 0 Å². The van der Waals surface area contributed by atoms with Gasteiger partial charge in [-0.2, -0.15) is 5.10 Å². The second kappa shape index (κ2) is 5.20. The van der Waals surface area contributed by atoms with Crippen LogP contribution in [-0.4, -0.2) is 33.9 Å². The van der Waals surface area contributed by atoms with Crippen LogP contribution in [0.2, 0.25) is 0 Å². The van der Waals surface area contributed by atoms with Crippen LogP contribution in [0.1, 0.15) is 6.42 Å². The maximum absolute atomic E-state index is 10.6. The van der Waals surface area contributed by atoms with E-state index in [1.807, 2.05) is 0 Å². The highest BCUT2D eigenvalue weighted by Gasteiger charge is 2.07. The Hall–Kier alpha value is -1.76. The summed E-state index contributed by atoms with van der Waals surface area (Å²) in [6, 6.07) is 0. The average molecular weight is 213 g/mol. The zero-order chi connectivity index (χ0) is 11.3. The molecule has 7 heteroatoms. The molecule has 0 aliphatic heterocycles. The molecule has 0 spiro atoms. The molecule has 84 valence electrons. The third-order valence-corrected chi connectivity index (χ3v) is 1.84. The molecular weight excluding hydrogens is 198 g/mol.